The molecule has 82 valence electrons. The molecule has 0 atom stereocenters. The zero-order chi connectivity index (χ0) is 11.5. The van der Waals surface area contributed by atoms with Gasteiger partial charge >= 0.3 is 0 Å². The van der Waals surface area contributed by atoms with Crippen molar-refractivity contribution in [3.63, 3.8) is 0 Å². The smallest absolute Gasteiger partial charge is 0.0682 e. The van der Waals surface area contributed by atoms with Gasteiger partial charge in [-0.1, -0.05) is 47.5 Å². The molecule has 0 radical (unpaired) electrons. The summed E-state index contributed by atoms with van der Waals surface area (Å²) in [4.78, 5) is 0. The van der Waals surface area contributed by atoms with Gasteiger partial charge in [-0.25, -0.2) is 0 Å². The summed E-state index contributed by atoms with van der Waals surface area (Å²) in [6, 6.07) is 14.5. The van der Waals surface area contributed by atoms with E-state index in [9.17, 15) is 0 Å². The lowest BCUT2D eigenvalue weighted by Gasteiger charge is -2.06. The van der Waals surface area contributed by atoms with E-state index in [2.05, 4.69) is 38.1 Å². The van der Waals surface area contributed by atoms with Crippen molar-refractivity contribution in [3.05, 3.63) is 59.2 Å². The van der Waals surface area contributed by atoms with Crippen LogP contribution >= 0.6 is 0 Å². The van der Waals surface area contributed by atoms with Gasteiger partial charge in [-0.05, 0) is 36.6 Å². The molecular formula is C15H16O. The van der Waals surface area contributed by atoms with Crippen molar-refractivity contribution >= 4 is 0 Å². The van der Waals surface area contributed by atoms with Gasteiger partial charge in [0.2, 0.25) is 0 Å². The number of aliphatic hydroxyl groups excluding tert-OH is 1. The lowest BCUT2D eigenvalue weighted by molar-refractivity contribution is 0.282. The molecule has 0 unspecified atom stereocenters. The Bertz CT molecular complexity index is 480. The summed E-state index contributed by atoms with van der Waals surface area (Å²) in [6.07, 6.45) is 0. The third-order valence-electron chi connectivity index (χ3n) is 2.66. The largest absolute Gasteiger partial charge is 0.392 e. The summed E-state index contributed by atoms with van der Waals surface area (Å²) < 4.78 is 0. The second kappa shape index (κ2) is 4.50. The van der Waals surface area contributed by atoms with Gasteiger partial charge in [0.05, 0.1) is 6.61 Å². The van der Waals surface area contributed by atoms with Crippen LogP contribution in [0, 0.1) is 13.8 Å². The molecule has 16 heavy (non-hydrogen) atoms. The number of aryl methyl sites for hydroxylation is 2. The average Bonchev–Trinajstić information content (AvgIpc) is 2.28. The zero-order valence-electron chi connectivity index (χ0n) is 9.70. The minimum Gasteiger partial charge on any atom is -0.392 e. The second-order valence-electron chi connectivity index (χ2n) is 4.23. The molecule has 0 aliphatic carbocycles. The molecule has 0 aliphatic rings. The van der Waals surface area contributed by atoms with Crippen molar-refractivity contribution in [2.45, 2.75) is 20.5 Å². The van der Waals surface area contributed by atoms with Crippen LogP contribution in [0.5, 0.6) is 0 Å². The Morgan fingerprint density at radius 2 is 1.56 bits per heavy atom. The molecule has 0 saturated heterocycles. The summed E-state index contributed by atoms with van der Waals surface area (Å²) in [6.45, 7) is 4.30. The number of hydrogen-bond acceptors (Lipinski definition) is 1. The van der Waals surface area contributed by atoms with Gasteiger partial charge in [-0.2, -0.15) is 0 Å². The van der Waals surface area contributed by atoms with Gasteiger partial charge in [0.15, 0.2) is 0 Å². The third-order valence-corrected chi connectivity index (χ3v) is 2.66. The highest BCUT2D eigenvalue weighted by Gasteiger charge is 2.00. The molecule has 0 amide bonds. The highest BCUT2D eigenvalue weighted by atomic mass is 16.3. The van der Waals surface area contributed by atoms with Gasteiger partial charge in [0.1, 0.15) is 0 Å². The molecule has 0 aliphatic heterocycles. The van der Waals surface area contributed by atoms with Crippen molar-refractivity contribution in [3.8, 4) is 11.1 Å². The van der Waals surface area contributed by atoms with E-state index >= 15 is 0 Å². The minimum absolute atomic E-state index is 0.0959. The Morgan fingerprint density at radius 3 is 2.19 bits per heavy atom. The Kier molecular flexibility index (Phi) is 3.07. The molecule has 2 rings (SSSR count). The zero-order valence-corrected chi connectivity index (χ0v) is 9.70. The summed E-state index contributed by atoms with van der Waals surface area (Å²) in [5, 5.41) is 9.12. The standard InChI is InChI=1S/C15H16O/c1-11-6-12(2)8-15(7-11)14-5-3-4-13(9-14)10-16/h3-9,16H,10H2,1-2H3. The Morgan fingerprint density at radius 1 is 0.875 bits per heavy atom. The molecule has 0 fully saturated rings. The van der Waals surface area contributed by atoms with Gasteiger partial charge in [-0.15, -0.1) is 0 Å². The first kappa shape index (κ1) is 10.9. The molecule has 0 aromatic heterocycles. The van der Waals surface area contributed by atoms with Crippen LogP contribution < -0.4 is 0 Å². The predicted octanol–water partition coefficient (Wildman–Crippen LogP) is 3.46. The third kappa shape index (κ3) is 2.31. The van der Waals surface area contributed by atoms with Crippen LogP contribution in [-0.2, 0) is 6.61 Å². The van der Waals surface area contributed by atoms with Crippen LogP contribution in [0.1, 0.15) is 16.7 Å². The molecule has 0 bridgehead atoms. The van der Waals surface area contributed by atoms with E-state index in [0.717, 1.165) is 5.56 Å². The first-order chi connectivity index (χ1) is 7.69. The second-order valence-corrected chi connectivity index (χ2v) is 4.23. The van der Waals surface area contributed by atoms with Crippen LogP contribution in [0.3, 0.4) is 0 Å². The number of rotatable bonds is 2. The molecule has 2 aromatic carbocycles. The molecular weight excluding hydrogens is 196 g/mol. The Balaban J connectivity index is 2.49. The summed E-state index contributed by atoms with van der Waals surface area (Å²) in [7, 11) is 0. The van der Waals surface area contributed by atoms with Gasteiger partial charge in [0, 0.05) is 0 Å². The van der Waals surface area contributed by atoms with Gasteiger partial charge in [0.25, 0.3) is 0 Å². The Labute approximate surface area is 96.4 Å². The highest BCUT2D eigenvalue weighted by molar-refractivity contribution is 5.65. The van der Waals surface area contributed by atoms with Crippen molar-refractivity contribution in [1.82, 2.24) is 0 Å². The van der Waals surface area contributed by atoms with E-state index in [1.807, 2.05) is 18.2 Å². The number of benzene rings is 2. The summed E-state index contributed by atoms with van der Waals surface area (Å²) in [5.41, 5.74) is 5.87. The van der Waals surface area contributed by atoms with Crippen LogP contribution in [-0.4, -0.2) is 5.11 Å². The summed E-state index contributed by atoms with van der Waals surface area (Å²) in [5.74, 6) is 0. The predicted molar refractivity (Wildman–Crippen MR) is 67.3 cm³/mol. The lowest BCUT2D eigenvalue weighted by atomic mass is 9.99. The van der Waals surface area contributed by atoms with Crippen molar-refractivity contribution in [2.24, 2.45) is 0 Å². The molecule has 0 heterocycles. The van der Waals surface area contributed by atoms with Gasteiger partial charge < -0.3 is 5.11 Å². The normalized spacial score (nSPS) is 10.4. The van der Waals surface area contributed by atoms with Crippen LogP contribution in [0.25, 0.3) is 11.1 Å². The van der Waals surface area contributed by atoms with Crippen LogP contribution in [0.2, 0.25) is 0 Å². The number of hydrogen-bond donors (Lipinski definition) is 1. The maximum Gasteiger partial charge on any atom is 0.0682 e. The van der Waals surface area contributed by atoms with Crippen molar-refractivity contribution < 1.29 is 5.11 Å². The first-order valence-electron chi connectivity index (χ1n) is 5.47. The van der Waals surface area contributed by atoms with E-state index in [4.69, 9.17) is 5.11 Å². The maximum absolute atomic E-state index is 9.12. The fraction of sp³-hybridized carbons (Fsp3) is 0.200. The van der Waals surface area contributed by atoms with Crippen molar-refractivity contribution in [2.75, 3.05) is 0 Å². The first-order valence-corrected chi connectivity index (χ1v) is 5.47. The molecule has 1 nitrogen and oxygen atoms in total. The van der Waals surface area contributed by atoms with E-state index in [-0.39, 0.29) is 6.61 Å². The highest BCUT2D eigenvalue weighted by Crippen LogP contribution is 2.23. The van der Waals surface area contributed by atoms with E-state index in [1.54, 1.807) is 0 Å². The minimum atomic E-state index is 0.0959. The Hall–Kier alpha value is -1.60. The van der Waals surface area contributed by atoms with E-state index in [0.29, 0.717) is 0 Å². The lowest BCUT2D eigenvalue weighted by Crippen LogP contribution is -1.86. The van der Waals surface area contributed by atoms with Crippen molar-refractivity contribution in [1.29, 1.82) is 0 Å². The maximum atomic E-state index is 9.12. The average molecular weight is 212 g/mol. The molecule has 1 heteroatoms. The molecule has 0 saturated carbocycles. The van der Waals surface area contributed by atoms with E-state index in [1.165, 1.54) is 22.3 Å². The molecule has 1 N–H and O–H groups in total. The fourth-order valence-electron chi connectivity index (χ4n) is 1.99. The molecule has 0 spiro atoms. The topological polar surface area (TPSA) is 20.2 Å². The fourth-order valence-corrected chi connectivity index (χ4v) is 1.99. The van der Waals surface area contributed by atoms with E-state index < -0.39 is 0 Å². The number of aliphatic hydroxyl groups is 1. The summed E-state index contributed by atoms with van der Waals surface area (Å²) >= 11 is 0. The molecule has 2 aromatic rings. The van der Waals surface area contributed by atoms with Crippen LogP contribution in [0.15, 0.2) is 42.5 Å². The van der Waals surface area contributed by atoms with Gasteiger partial charge in [-0.3, -0.25) is 0 Å². The van der Waals surface area contributed by atoms with Crippen LogP contribution in [0.4, 0.5) is 0 Å². The SMILES string of the molecule is Cc1cc(C)cc(-c2cccc(CO)c2)c1. The quantitative estimate of drug-likeness (QED) is 0.808. The monoisotopic (exact) mass is 212 g/mol.